The van der Waals surface area contributed by atoms with Gasteiger partial charge in [-0.3, -0.25) is 5.32 Å². The molecular weight excluding hydrogens is 362 g/mol. The first-order chi connectivity index (χ1) is 13.7. The van der Waals surface area contributed by atoms with Crippen LogP contribution in [0.1, 0.15) is 53.9 Å². The molecule has 152 valence electrons. The largest absolute Gasteiger partial charge is 0.273 e. The standard InChI is InChI=1S/C22H29N7/c1-21(2,3)19(28-17-13-9-7-11-15(17)24-26-28)23-20(22(4,5)6)29-18-14-10-8-12-16(18)25-27-29/h7-14,19-20,23H,1-6H3. The molecule has 4 rings (SSSR count). The van der Waals surface area contributed by atoms with E-state index in [1.165, 1.54) is 0 Å². The molecule has 7 heteroatoms. The summed E-state index contributed by atoms with van der Waals surface area (Å²) in [6.45, 7) is 13.3. The lowest BCUT2D eigenvalue weighted by Gasteiger charge is -2.39. The SMILES string of the molecule is CC(C)(C)C(NC(n1nnc2ccccc21)C(C)(C)C)n1nnc2ccccc21. The summed E-state index contributed by atoms with van der Waals surface area (Å²) in [4.78, 5) is 0. The maximum Gasteiger partial charge on any atom is 0.113 e. The Morgan fingerprint density at radius 3 is 1.41 bits per heavy atom. The zero-order valence-electron chi connectivity index (χ0n) is 18.0. The first-order valence-electron chi connectivity index (χ1n) is 10.0. The van der Waals surface area contributed by atoms with Gasteiger partial charge in [0.15, 0.2) is 0 Å². The maximum atomic E-state index is 4.50. The molecule has 0 aliphatic carbocycles. The Labute approximate surface area is 171 Å². The Morgan fingerprint density at radius 1 is 0.655 bits per heavy atom. The predicted molar refractivity (Wildman–Crippen MR) is 115 cm³/mol. The zero-order valence-corrected chi connectivity index (χ0v) is 18.0. The van der Waals surface area contributed by atoms with E-state index in [9.17, 15) is 0 Å². The number of nitrogens with one attached hydrogen (secondary N) is 1. The van der Waals surface area contributed by atoms with E-state index in [1.807, 2.05) is 45.8 Å². The van der Waals surface area contributed by atoms with Gasteiger partial charge in [0.1, 0.15) is 23.4 Å². The summed E-state index contributed by atoms with van der Waals surface area (Å²) in [7, 11) is 0. The molecule has 2 heterocycles. The summed E-state index contributed by atoms with van der Waals surface area (Å²) in [5.74, 6) is 0. The molecule has 29 heavy (non-hydrogen) atoms. The van der Waals surface area contributed by atoms with Crippen LogP contribution in [0, 0.1) is 10.8 Å². The molecule has 0 saturated heterocycles. The van der Waals surface area contributed by atoms with Crippen LogP contribution >= 0.6 is 0 Å². The molecule has 0 aliphatic heterocycles. The van der Waals surface area contributed by atoms with E-state index in [-0.39, 0.29) is 23.2 Å². The number of rotatable bonds is 4. The first-order valence-corrected chi connectivity index (χ1v) is 10.0. The minimum atomic E-state index is -0.115. The molecule has 2 unspecified atom stereocenters. The van der Waals surface area contributed by atoms with E-state index >= 15 is 0 Å². The molecule has 0 spiro atoms. The third-order valence-corrected chi connectivity index (χ3v) is 5.20. The second kappa shape index (κ2) is 6.91. The van der Waals surface area contributed by atoms with Crippen LogP contribution < -0.4 is 5.32 Å². The Bertz CT molecular complexity index is 1040. The fourth-order valence-corrected chi connectivity index (χ4v) is 3.68. The van der Waals surface area contributed by atoms with Crippen molar-refractivity contribution in [2.75, 3.05) is 0 Å². The van der Waals surface area contributed by atoms with Crippen molar-refractivity contribution < 1.29 is 0 Å². The number of fused-ring (bicyclic) bond motifs is 2. The second-order valence-corrected chi connectivity index (χ2v) is 9.75. The average molecular weight is 392 g/mol. The highest BCUT2D eigenvalue weighted by Gasteiger charge is 2.36. The van der Waals surface area contributed by atoms with E-state index in [2.05, 4.69) is 79.6 Å². The predicted octanol–water partition coefficient (Wildman–Crippen LogP) is 4.56. The molecule has 0 saturated carbocycles. The maximum absolute atomic E-state index is 4.50. The van der Waals surface area contributed by atoms with Gasteiger partial charge in [0.2, 0.25) is 0 Å². The van der Waals surface area contributed by atoms with E-state index in [4.69, 9.17) is 0 Å². The van der Waals surface area contributed by atoms with Crippen molar-refractivity contribution in [2.24, 2.45) is 10.8 Å². The summed E-state index contributed by atoms with van der Waals surface area (Å²) in [6, 6.07) is 16.1. The van der Waals surface area contributed by atoms with Crippen molar-refractivity contribution >= 4 is 22.1 Å². The Kier molecular flexibility index (Phi) is 4.65. The number of benzene rings is 2. The van der Waals surface area contributed by atoms with Crippen molar-refractivity contribution in [3.05, 3.63) is 48.5 Å². The van der Waals surface area contributed by atoms with Crippen molar-refractivity contribution in [1.82, 2.24) is 35.3 Å². The monoisotopic (exact) mass is 391 g/mol. The molecule has 1 N–H and O–H groups in total. The second-order valence-electron chi connectivity index (χ2n) is 9.75. The van der Waals surface area contributed by atoms with E-state index < -0.39 is 0 Å². The Hall–Kier alpha value is -2.80. The van der Waals surface area contributed by atoms with Gasteiger partial charge in [-0.15, -0.1) is 10.2 Å². The number of hydrogen-bond donors (Lipinski definition) is 1. The molecule has 7 nitrogen and oxygen atoms in total. The van der Waals surface area contributed by atoms with Gasteiger partial charge in [0.25, 0.3) is 0 Å². The van der Waals surface area contributed by atoms with Gasteiger partial charge in [-0.25, -0.2) is 9.36 Å². The highest BCUT2D eigenvalue weighted by molar-refractivity contribution is 5.74. The highest BCUT2D eigenvalue weighted by atomic mass is 15.5. The summed E-state index contributed by atoms with van der Waals surface area (Å²) in [5, 5.41) is 21.6. The van der Waals surface area contributed by atoms with Gasteiger partial charge in [-0.1, -0.05) is 76.2 Å². The van der Waals surface area contributed by atoms with Crippen molar-refractivity contribution in [2.45, 2.75) is 53.9 Å². The van der Waals surface area contributed by atoms with Crippen molar-refractivity contribution in [3.8, 4) is 0 Å². The topological polar surface area (TPSA) is 73.5 Å². The van der Waals surface area contributed by atoms with Crippen LogP contribution in [0.25, 0.3) is 22.1 Å². The molecular formula is C22H29N7. The number of nitrogens with zero attached hydrogens (tertiary/aromatic N) is 6. The van der Waals surface area contributed by atoms with Crippen LogP contribution in [0.3, 0.4) is 0 Å². The zero-order chi connectivity index (χ0) is 20.8. The summed E-state index contributed by atoms with van der Waals surface area (Å²) >= 11 is 0. The molecule has 2 aromatic heterocycles. The fourth-order valence-electron chi connectivity index (χ4n) is 3.68. The van der Waals surface area contributed by atoms with Gasteiger partial charge >= 0.3 is 0 Å². The van der Waals surface area contributed by atoms with Gasteiger partial charge in [0, 0.05) is 0 Å². The summed E-state index contributed by atoms with van der Waals surface area (Å²) in [6.07, 6.45) is -0.191. The van der Waals surface area contributed by atoms with Gasteiger partial charge in [0.05, 0.1) is 11.0 Å². The highest BCUT2D eigenvalue weighted by Crippen LogP contribution is 2.37. The molecule has 4 aromatic rings. The number of hydrogen-bond acceptors (Lipinski definition) is 5. The van der Waals surface area contributed by atoms with Crippen LogP contribution in [0.4, 0.5) is 0 Å². The molecule has 0 radical (unpaired) electrons. The van der Waals surface area contributed by atoms with Crippen molar-refractivity contribution in [1.29, 1.82) is 0 Å². The molecule has 2 aromatic carbocycles. The Morgan fingerprint density at radius 2 is 1.03 bits per heavy atom. The van der Waals surface area contributed by atoms with Gasteiger partial charge in [-0.2, -0.15) is 0 Å². The lowest BCUT2D eigenvalue weighted by molar-refractivity contribution is 0.0877. The number of para-hydroxylation sites is 2. The quantitative estimate of drug-likeness (QED) is 0.552. The van der Waals surface area contributed by atoms with Crippen LogP contribution in [0.2, 0.25) is 0 Å². The van der Waals surface area contributed by atoms with Gasteiger partial charge in [-0.05, 0) is 35.1 Å². The molecule has 0 amide bonds. The molecule has 0 bridgehead atoms. The molecule has 0 aliphatic rings. The summed E-state index contributed by atoms with van der Waals surface area (Å²) < 4.78 is 3.99. The lowest BCUT2D eigenvalue weighted by atomic mass is 9.88. The third-order valence-electron chi connectivity index (χ3n) is 5.20. The number of aromatic nitrogens is 6. The minimum absolute atomic E-state index is 0.0953. The van der Waals surface area contributed by atoms with Crippen LogP contribution in [-0.2, 0) is 0 Å². The smallest absolute Gasteiger partial charge is 0.113 e. The van der Waals surface area contributed by atoms with Crippen molar-refractivity contribution in [3.63, 3.8) is 0 Å². The average Bonchev–Trinajstić information content (AvgIpc) is 3.25. The van der Waals surface area contributed by atoms with E-state index in [1.54, 1.807) is 0 Å². The van der Waals surface area contributed by atoms with Crippen LogP contribution in [0.5, 0.6) is 0 Å². The first kappa shape index (κ1) is 19.5. The van der Waals surface area contributed by atoms with Gasteiger partial charge < -0.3 is 0 Å². The third kappa shape index (κ3) is 3.62. The minimum Gasteiger partial charge on any atom is -0.273 e. The van der Waals surface area contributed by atoms with Crippen LogP contribution in [-0.4, -0.2) is 30.0 Å². The fraction of sp³-hybridized carbons (Fsp3) is 0.455. The normalized spacial score (nSPS) is 15.1. The van der Waals surface area contributed by atoms with E-state index in [0.717, 1.165) is 22.1 Å². The van der Waals surface area contributed by atoms with E-state index in [0.29, 0.717) is 0 Å². The lowest BCUT2D eigenvalue weighted by Crippen LogP contribution is -2.46. The molecule has 0 fully saturated rings. The Balaban J connectivity index is 1.82. The summed E-state index contributed by atoms with van der Waals surface area (Å²) in [5.41, 5.74) is 3.57. The molecule has 2 atom stereocenters. The van der Waals surface area contributed by atoms with Crippen LogP contribution in [0.15, 0.2) is 48.5 Å².